The molecule has 0 bridgehead atoms. The number of barbiturate groups is 1. The molecule has 3 N–H and O–H groups in total. The maximum Gasteiger partial charge on any atom is 0.328 e. The van der Waals surface area contributed by atoms with Gasteiger partial charge in [0.25, 0.3) is 5.91 Å². The number of halogens is 2. The highest BCUT2D eigenvalue weighted by Gasteiger charge is 2.42. The van der Waals surface area contributed by atoms with E-state index in [1.807, 2.05) is 0 Å². The summed E-state index contributed by atoms with van der Waals surface area (Å²) in [4.78, 5) is 57.6. The van der Waals surface area contributed by atoms with E-state index in [1.165, 1.54) is 18.2 Å². The van der Waals surface area contributed by atoms with Gasteiger partial charge in [-0.2, -0.15) is 0 Å². The molecule has 2 rings (SSSR count). The molecule has 1 aliphatic rings. The van der Waals surface area contributed by atoms with Crippen molar-refractivity contribution in [2.75, 3.05) is 5.32 Å². The van der Waals surface area contributed by atoms with Crippen molar-refractivity contribution in [1.82, 2.24) is 10.6 Å². The number of benzene rings is 1. The van der Waals surface area contributed by atoms with Gasteiger partial charge in [0.2, 0.25) is 17.6 Å². The number of carbonyl (C=O) groups excluding carboxylic acids is 5. The van der Waals surface area contributed by atoms with Gasteiger partial charge in [-0.1, -0.05) is 23.2 Å². The fourth-order valence-corrected chi connectivity index (χ4v) is 2.12. The van der Waals surface area contributed by atoms with Gasteiger partial charge in [-0.3, -0.25) is 29.8 Å². The van der Waals surface area contributed by atoms with Crippen molar-refractivity contribution >= 4 is 58.4 Å². The number of amides is 5. The minimum Gasteiger partial charge on any atom is -0.318 e. The topological polar surface area (TPSA) is 121 Å². The van der Waals surface area contributed by atoms with Crippen LogP contribution in [0, 0.1) is 5.92 Å². The lowest BCUT2D eigenvalue weighted by atomic mass is 10.00. The van der Waals surface area contributed by atoms with E-state index in [2.05, 4.69) is 5.32 Å². The highest BCUT2D eigenvalue weighted by Crippen LogP contribution is 2.25. The minimum atomic E-state index is -1.94. The molecule has 0 radical (unpaired) electrons. The second-order valence-corrected chi connectivity index (χ2v) is 5.03. The summed E-state index contributed by atoms with van der Waals surface area (Å²) in [7, 11) is 0. The maximum atomic E-state index is 11.9. The van der Waals surface area contributed by atoms with Gasteiger partial charge in [-0.25, -0.2) is 4.79 Å². The summed E-state index contributed by atoms with van der Waals surface area (Å²) >= 11 is 11.5. The third-order valence-corrected chi connectivity index (χ3v) is 3.21. The Morgan fingerprint density at radius 3 is 2.18 bits per heavy atom. The molecule has 1 saturated heterocycles. The molecule has 1 aromatic rings. The van der Waals surface area contributed by atoms with Crippen LogP contribution in [-0.2, 0) is 19.2 Å². The Morgan fingerprint density at radius 1 is 1.05 bits per heavy atom. The van der Waals surface area contributed by atoms with Crippen molar-refractivity contribution in [3.63, 3.8) is 0 Å². The van der Waals surface area contributed by atoms with Gasteiger partial charge in [0.1, 0.15) is 0 Å². The van der Waals surface area contributed by atoms with Crippen LogP contribution >= 0.6 is 23.2 Å². The fourth-order valence-electron chi connectivity index (χ4n) is 1.66. The van der Waals surface area contributed by atoms with Crippen molar-refractivity contribution in [1.29, 1.82) is 0 Å². The molecule has 1 aliphatic heterocycles. The van der Waals surface area contributed by atoms with E-state index in [4.69, 9.17) is 23.2 Å². The molecule has 0 unspecified atom stereocenters. The lowest BCUT2D eigenvalue weighted by molar-refractivity contribution is -0.147. The number of urea groups is 1. The number of ketones is 1. The molecule has 0 atom stereocenters. The molecule has 0 aromatic heterocycles. The van der Waals surface area contributed by atoms with E-state index in [0.717, 1.165) is 0 Å². The summed E-state index contributed by atoms with van der Waals surface area (Å²) in [5.41, 5.74) is 0.0807. The van der Waals surface area contributed by atoms with E-state index in [-0.39, 0.29) is 10.7 Å². The normalized spacial score (nSPS) is 15.1. The van der Waals surface area contributed by atoms with Crippen LogP contribution in [0.15, 0.2) is 18.2 Å². The van der Waals surface area contributed by atoms with E-state index in [1.54, 1.807) is 10.6 Å². The average molecular weight is 344 g/mol. The molecule has 0 spiro atoms. The third kappa shape index (κ3) is 3.23. The quantitative estimate of drug-likeness (QED) is 0.544. The Labute approximate surface area is 133 Å². The highest BCUT2D eigenvalue weighted by atomic mass is 35.5. The average Bonchev–Trinajstić information content (AvgIpc) is 2.40. The summed E-state index contributed by atoms with van der Waals surface area (Å²) in [6.45, 7) is 0. The molecule has 1 heterocycles. The van der Waals surface area contributed by atoms with Crippen molar-refractivity contribution in [2.45, 2.75) is 0 Å². The number of rotatable bonds is 3. The standard InChI is InChI=1S/C12H7Cl2N3O5/c13-4-1-2-6(5(14)3-4)15-11(21)8(18)7-9(19)16-12(22)17-10(7)20/h1-3,7H,(H,15,21)(H2,16,17,19,20,22). The van der Waals surface area contributed by atoms with Crippen LogP contribution in [0.25, 0.3) is 0 Å². The van der Waals surface area contributed by atoms with Gasteiger partial charge in [0.15, 0.2) is 5.92 Å². The van der Waals surface area contributed by atoms with Crippen LogP contribution in [0.2, 0.25) is 10.0 Å². The van der Waals surface area contributed by atoms with Crippen molar-refractivity contribution in [3.05, 3.63) is 28.2 Å². The molecule has 22 heavy (non-hydrogen) atoms. The van der Waals surface area contributed by atoms with Crippen LogP contribution in [0.4, 0.5) is 10.5 Å². The van der Waals surface area contributed by atoms with E-state index in [0.29, 0.717) is 5.02 Å². The van der Waals surface area contributed by atoms with Gasteiger partial charge in [0.05, 0.1) is 10.7 Å². The summed E-state index contributed by atoms with van der Waals surface area (Å²) in [5.74, 6) is -6.83. The van der Waals surface area contributed by atoms with Crippen LogP contribution in [0.3, 0.4) is 0 Å². The Morgan fingerprint density at radius 2 is 1.64 bits per heavy atom. The molecule has 114 valence electrons. The van der Waals surface area contributed by atoms with Gasteiger partial charge in [0, 0.05) is 5.02 Å². The first-order valence-electron chi connectivity index (χ1n) is 5.75. The smallest absolute Gasteiger partial charge is 0.318 e. The third-order valence-electron chi connectivity index (χ3n) is 2.66. The Kier molecular flexibility index (Phi) is 4.43. The van der Waals surface area contributed by atoms with E-state index in [9.17, 15) is 24.0 Å². The number of anilines is 1. The van der Waals surface area contributed by atoms with Crippen LogP contribution in [-0.4, -0.2) is 29.5 Å². The minimum absolute atomic E-state index is 0.0707. The van der Waals surface area contributed by atoms with E-state index < -0.39 is 35.5 Å². The fraction of sp³-hybridized carbons (Fsp3) is 0.0833. The van der Waals surface area contributed by atoms with Crippen molar-refractivity contribution in [2.24, 2.45) is 5.92 Å². The first-order valence-corrected chi connectivity index (χ1v) is 6.51. The SMILES string of the molecule is O=C1NC(=O)C(C(=O)C(=O)Nc2ccc(Cl)cc2Cl)C(=O)N1. The molecule has 5 amide bonds. The van der Waals surface area contributed by atoms with Gasteiger partial charge >= 0.3 is 6.03 Å². The molecule has 8 nitrogen and oxygen atoms in total. The van der Waals surface area contributed by atoms with Crippen LogP contribution in [0.1, 0.15) is 0 Å². The van der Waals surface area contributed by atoms with E-state index >= 15 is 0 Å². The zero-order valence-electron chi connectivity index (χ0n) is 10.6. The largest absolute Gasteiger partial charge is 0.328 e. The van der Waals surface area contributed by atoms with Crippen molar-refractivity contribution in [3.8, 4) is 0 Å². The summed E-state index contributed by atoms with van der Waals surface area (Å²) in [5, 5.41) is 6.00. The monoisotopic (exact) mass is 343 g/mol. The lowest BCUT2D eigenvalue weighted by Gasteiger charge is -2.19. The molecular formula is C12H7Cl2N3O5. The predicted molar refractivity (Wildman–Crippen MR) is 75.3 cm³/mol. The lowest BCUT2D eigenvalue weighted by Crippen LogP contribution is -2.59. The Hall–Kier alpha value is -2.45. The zero-order chi connectivity index (χ0) is 16.4. The predicted octanol–water partition coefficient (Wildman–Crippen LogP) is 0.483. The number of imide groups is 2. The molecule has 1 aromatic carbocycles. The molecule has 10 heteroatoms. The number of hydrogen-bond acceptors (Lipinski definition) is 5. The first-order chi connectivity index (χ1) is 10.3. The maximum absolute atomic E-state index is 11.9. The van der Waals surface area contributed by atoms with Gasteiger partial charge in [-0.05, 0) is 18.2 Å². The Bertz CT molecular complexity index is 699. The number of carbonyl (C=O) groups is 5. The summed E-state index contributed by atoms with van der Waals surface area (Å²) in [6.07, 6.45) is 0. The molecular weight excluding hydrogens is 337 g/mol. The first kappa shape index (κ1) is 15.9. The van der Waals surface area contributed by atoms with Crippen LogP contribution < -0.4 is 16.0 Å². The molecule has 1 fully saturated rings. The number of nitrogens with one attached hydrogen (secondary N) is 3. The van der Waals surface area contributed by atoms with Crippen LogP contribution in [0.5, 0.6) is 0 Å². The van der Waals surface area contributed by atoms with Gasteiger partial charge < -0.3 is 5.32 Å². The summed E-state index contributed by atoms with van der Waals surface area (Å²) in [6, 6.07) is 3.05. The molecule has 0 saturated carbocycles. The number of Topliss-reactive ketones (excluding diaryl/α,β-unsaturated/α-hetero) is 1. The second-order valence-electron chi connectivity index (χ2n) is 4.18. The van der Waals surface area contributed by atoms with Crippen molar-refractivity contribution < 1.29 is 24.0 Å². The Balaban J connectivity index is 2.15. The van der Waals surface area contributed by atoms with Gasteiger partial charge in [-0.15, -0.1) is 0 Å². The second kappa shape index (κ2) is 6.12. The number of hydrogen-bond donors (Lipinski definition) is 3. The highest BCUT2D eigenvalue weighted by molar-refractivity contribution is 6.50. The zero-order valence-corrected chi connectivity index (χ0v) is 12.1. The summed E-state index contributed by atoms with van der Waals surface area (Å²) < 4.78 is 0. The molecule has 0 aliphatic carbocycles.